The van der Waals surface area contributed by atoms with Gasteiger partial charge in [-0.25, -0.2) is 8.42 Å². The number of sulfone groups is 1. The third-order valence-electron chi connectivity index (χ3n) is 4.30. The number of anilines is 1. The minimum atomic E-state index is -3.07. The van der Waals surface area contributed by atoms with Gasteiger partial charge < -0.3 is 9.64 Å². The van der Waals surface area contributed by atoms with Crippen molar-refractivity contribution < 1.29 is 17.9 Å². The van der Waals surface area contributed by atoms with Gasteiger partial charge in [-0.1, -0.05) is 18.2 Å². The van der Waals surface area contributed by atoms with Crippen molar-refractivity contribution in [1.82, 2.24) is 0 Å². The van der Waals surface area contributed by atoms with E-state index in [0.29, 0.717) is 6.42 Å². The zero-order valence-electron chi connectivity index (χ0n) is 14.5. The van der Waals surface area contributed by atoms with E-state index in [1.807, 2.05) is 54.6 Å². The van der Waals surface area contributed by atoms with Gasteiger partial charge in [0.1, 0.15) is 5.75 Å². The number of carbonyl (C=O) groups excluding carboxylic acids is 1. The lowest BCUT2D eigenvalue weighted by atomic mass is 10.2. The molecule has 1 amide bonds. The first-order valence-electron chi connectivity index (χ1n) is 8.33. The molecule has 1 atom stereocenters. The molecular weight excluding hydrogens is 370 g/mol. The maximum absolute atomic E-state index is 12.9. The highest BCUT2D eigenvalue weighted by atomic mass is 32.2. The van der Waals surface area contributed by atoms with Crippen LogP contribution in [-0.4, -0.2) is 44.7 Å². The summed E-state index contributed by atoms with van der Waals surface area (Å²) >= 11 is 1.43. The smallest absolute Gasteiger partial charge is 0.237 e. The normalized spacial score (nSPS) is 18.4. The summed E-state index contributed by atoms with van der Waals surface area (Å²) in [5, 5.41) is 0. The molecular formula is C19H21NO4S2. The van der Waals surface area contributed by atoms with Gasteiger partial charge in [0.05, 0.1) is 30.4 Å². The molecule has 1 fully saturated rings. The fourth-order valence-electron chi connectivity index (χ4n) is 3.01. The monoisotopic (exact) mass is 391 g/mol. The van der Waals surface area contributed by atoms with Crippen LogP contribution in [0.5, 0.6) is 5.75 Å². The summed E-state index contributed by atoms with van der Waals surface area (Å²) in [6.07, 6.45) is 0.482. The minimum absolute atomic E-state index is 0.0286. The van der Waals surface area contributed by atoms with Gasteiger partial charge in [0.25, 0.3) is 0 Å². The Balaban J connectivity index is 1.74. The summed E-state index contributed by atoms with van der Waals surface area (Å²) < 4.78 is 28.9. The molecule has 0 spiro atoms. The van der Waals surface area contributed by atoms with E-state index < -0.39 is 9.84 Å². The van der Waals surface area contributed by atoms with Crippen LogP contribution in [0, 0.1) is 0 Å². The van der Waals surface area contributed by atoms with E-state index in [9.17, 15) is 13.2 Å². The van der Waals surface area contributed by atoms with Gasteiger partial charge in [0, 0.05) is 10.6 Å². The van der Waals surface area contributed by atoms with Gasteiger partial charge in [-0.2, -0.15) is 0 Å². The van der Waals surface area contributed by atoms with Gasteiger partial charge in [-0.05, 0) is 42.8 Å². The van der Waals surface area contributed by atoms with Gasteiger partial charge in [0.15, 0.2) is 9.84 Å². The number of hydrogen-bond acceptors (Lipinski definition) is 5. The number of thioether (sulfide) groups is 1. The number of ether oxygens (including phenoxy) is 1. The highest BCUT2D eigenvalue weighted by Gasteiger charge is 2.35. The maximum atomic E-state index is 12.9. The van der Waals surface area contributed by atoms with Crippen LogP contribution in [0.2, 0.25) is 0 Å². The van der Waals surface area contributed by atoms with Gasteiger partial charge in [0.2, 0.25) is 5.91 Å². The molecule has 0 unspecified atom stereocenters. The van der Waals surface area contributed by atoms with Crippen LogP contribution >= 0.6 is 11.8 Å². The number of rotatable bonds is 6. The highest BCUT2D eigenvalue weighted by Crippen LogP contribution is 2.27. The second kappa shape index (κ2) is 8.14. The zero-order chi connectivity index (χ0) is 18.6. The predicted molar refractivity (Wildman–Crippen MR) is 105 cm³/mol. The molecule has 7 heteroatoms. The van der Waals surface area contributed by atoms with Crippen LogP contribution < -0.4 is 9.64 Å². The minimum Gasteiger partial charge on any atom is -0.497 e. The molecule has 0 bridgehead atoms. The number of para-hydroxylation sites is 1. The first-order chi connectivity index (χ1) is 12.5. The predicted octanol–water partition coefficient (Wildman–Crippen LogP) is 3.01. The van der Waals surface area contributed by atoms with Crippen molar-refractivity contribution in [3.63, 3.8) is 0 Å². The molecule has 1 aliphatic rings. The fourth-order valence-corrected chi connectivity index (χ4v) is 5.47. The summed E-state index contributed by atoms with van der Waals surface area (Å²) in [6.45, 7) is 0. The molecule has 0 N–H and O–H groups in total. The van der Waals surface area contributed by atoms with Crippen LogP contribution in [0.3, 0.4) is 0 Å². The Bertz CT molecular complexity index is 851. The van der Waals surface area contributed by atoms with Crippen LogP contribution in [0.15, 0.2) is 59.5 Å². The first-order valence-corrected chi connectivity index (χ1v) is 11.1. The molecule has 26 heavy (non-hydrogen) atoms. The largest absolute Gasteiger partial charge is 0.497 e. The van der Waals surface area contributed by atoms with Crippen LogP contribution in [0.1, 0.15) is 6.42 Å². The average molecular weight is 392 g/mol. The van der Waals surface area contributed by atoms with E-state index in [2.05, 4.69) is 0 Å². The molecule has 0 radical (unpaired) electrons. The van der Waals surface area contributed by atoms with E-state index >= 15 is 0 Å². The second-order valence-electron chi connectivity index (χ2n) is 6.12. The number of methoxy groups -OCH3 is 1. The Labute approximate surface area is 158 Å². The molecule has 138 valence electrons. The number of hydrogen-bond donors (Lipinski definition) is 0. The lowest BCUT2D eigenvalue weighted by molar-refractivity contribution is -0.116. The molecule has 5 nitrogen and oxygen atoms in total. The van der Waals surface area contributed by atoms with Crippen molar-refractivity contribution >= 4 is 33.2 Å². The Morgan fingerprint density at radius 3 is 2.42 bits per heavy atom. The van der Waals surface area contributed by atoms with Gasteiger partial charge >= 0.3 is 0 Å². The summed E-state index contributed by atoms with van der Waals surface area (Å²) in [6, 6.07) is 16.5. The molecule has 1 saturated heterocycles. The molecule has 2 aromatic carbocycles. The van der Waals surface area contributed by atoms with E-state index in [-0.39, 0.29) is 29.2 Å². The first kappa shape index (κ1) is 18.8. The van der Waals surface area contributed by atoms with Crippen molar-refractivity contribution in [1.29, 1.82) is 0 Å². The molecule has 1 heterocycles. The average Bonchev–Trinajstić information content (AvgIpc) is 3.01. The van der Waals surface area contributed by atoms with E-state index in [1.165, 1.54) is 11.8 Å². The van der Waals surface area contributed by atoms with Crippen molar-refractivity contribution in [2.45, 2.75) is 17.4 Å². The zero-order valence-corrected chi connectivity index (χ0v) is 16.1. The van der Waals surface area contributed by atoms with Crippen molar-refractivity contribution in [2.75, 3.05) is 29.3 Å². The molecule has 0 aliphatic carbocycles. The summed E-state index contributed by atoms with van der Waals surface area (Å²) in [4.78, 5) is 15.5. The topological polar surface area (TPSA) is 63.7 Å². The Hall–Kier alpha value is -1.99. The van der Waals surface area contributed by atoms with Crippen molar-refractivity contribution in [3.05, 3.63) is 54.6 Å². The summed E-state index contributed by atoms with van der Waals surface area (Å²) in [5.41, 5.74) is 0.745. The molecule has 3 rings (SSSR count). The third kappa shape index (κ3) is 4.59. The standard InChI is InChI=1S/C19H21NO4S2/c1-24-17-7-9-18(10-8-17)25-13-19(21)20(15-5-3-2-4-6-15)16-11-12-26(22,23)14-16/h2-10,16H,11-14H2,1H3/t16-/m1/s1. The van der Waals surface area contributed by atoms with Gasteiger partial charge in [-0.15, -0.1) is 11.8 Å². The second-order valence-corrected chi connectivity index (χ2v) is 9.40. The van der Waals surface area contributed by atoms with Crippen LogP contribution in [-0.2, 0) is 14.6 Å². The van der Waals surface area contributed by atoms with Gasteiger partial charge in [-0.3, -0.25) is 4.79 Å². The SMILES string of the molecule is COc1ccc(SCC(=O)N(c2ccccc2)[C@@H]2CCS(=O)(=O)C2)cc1. The Morgan fingerprint density at radius 1 is 1.15 bits per heavy atom. The molecule has 1 aliphatic heterocycles. The number of carbonyl (C=O) groups is 1. The molecule has 2 aromatic rings. The van der Waals surface area contributed by atoms with Crippen molar-refractivity contribution in [2.24, 2.45) is 0 Å². The number of nitrogens with zero attached hydrogens (tertiary/aromatic N) is 1. The van der Waals surface area contributed by atoms with Crippen LogP contribution in [0.25, 0.3) is 0 Å². The quantitative estimate of drug-likeness (QED) is 0.709. The molecule has 0 aromatic heterocycles. The van der Waals surface area contributed by atoms with Crippen LogP contribution in [0.4, 0.5) is 5.69 Å². The lowest BCUT2D eigenvalue weighted by Gasteiger charge is -2.28. The summed E-state index contributed by atoms with van der Waals surface area (Å²) in [7, 11) is -1.46. The number of benzene rings is 2. The highest BCUT2D eigenvalue weighted by molar-refractivity contribution is 8.00. The molecule has 0 saturated carbocycles. The maximum Gasteiger partial charge on any atom is 0.237 e. The van der Waals surface area contributed by atoms with Crippen molar-refractivity contribution in [3.8, 4) is 5.75 Å². The van der Waals surface area contributed by atoms with E-state index in [4.69, 9.17) is 4.74 Å². The summed E-state index contributed by atoms with van der Waals surface area (Å²) in [5.74, 6) is 1.10. The Morgan fingerprint density at radius 2 is 1.85 bits per heavy atom. The van der Waals surface area contributed by atoms with E-state index in [1.54, 1.807) is 12.0 Å². The lowest BCUT2D eigenvalue weighted by Crippen LogP contribution is -2.42. The van der Waals surface area contributed by atoms with E-state index in [0.717, 1.165) is 16.3 Å². The Kier molecular flexibility index (Phi) is 5.88. The fraction of sp³-hybridized carbons (Fsp3) is 0.316. The third-order valence-corrected chi connectivity index (χ3v) is 7.05. The number of amides is 1.